The third kappa shape index (κ3) is 4.78. The van der Waals surface area contributed by atoms with Crippen molar-refractivity contribution < 1.29 is 9.47 Å². The molecule has 0 radical (unpaired) electrons. The Hall–Kier alpha value is -2.13. The van der Waals surface area contributed by atoms with E-state index in [9.17, 15) is 0 Å². The Morgan fingerprint density at radius 3 is 2.15 bits per heavy atom. The Morgan fingerprint density at radius 1 is 1.07 bits per heavy atom. The third-order valence-electron chi connectivity index (χ3n) is 4.55. The van der Waals surface area contributed by atoms with E-state index in [0.29, 0.717) is 18.1 Å². The zero-order valence-corrected chi connectivity index (χ0v) is 18.4. The smallest absolute Gasteiger partial charge is 0.118 e. The van der Waals surface area contributed by atoms with E-state index >= 15 is 0 Å². The highest BCUT2D eigenvalue weighted by Crippen LogP contribution is 2.45. The third-order valence-corrected chi connectivity index (χ3v) is 4.96. The molecule has 0 spiro atoms. The molecule has 1 aromatic rings. The average molecular weight is 390 g/mol. The molecular weight excluding hydrogens is 358 g/mol. The van der Waals surface area contributed by atoms with Gasteiger partial charge in [-0.3, -0.25) is 0 Å². The van der Waals surface area contributed by atoms with Gasteiger partial charge in [0.15, 0.2) is 0 Å². The van der Waals surface area contributed by atoms with Crippen LogP contribution in [0.4, 0.5) is 0 Å². The lowest BCUT2D eigenvalue weighted by molar-refractivity contribution is 0.234. The average Bonchev–Trinajstić information content (AvgIpc) is 2.64. The van der Waals surface area contributed by atoms with Gasteiger partial charge >= 0.3 is 0 Å². The molecule has 1 heterocycles. The maximum Gasteiger partial charge on any atom is 0.118 e. The summed E-state index contributed by atoms with van der Waals surface area (Å²) in [5.74, 6) is 1.15. The molecule has 2 rings (SSSR count). The summed E-state index contributed by atoms with van der Waals surface area (Å²) in [6.45, 7) is 20.8. The Kier molecular flexibility index (Phi) is 8.71. The molecule has 4 heteroatoms. The number of dihydropyridines is 1. The number of hydrogen-bond donors (Lipinski definition) is 1. The van der Waals surface area contributed by atoms with Crippen molar-refractivity contribution in [2.24, 2.45) is 0 Å². The van der Waals surface area contributed by atoms with Gasteiger partial charge < -0.3 is 14.8 Å². The minimum Gasteiger partial charge on any atom is -0.497 e. The molecule has 1 aliphatic rings. The zero-order chi connectivity index (χ0) is 20.7. The van der Waals surface area contributed by atoms with Crippen LogP contribution in [-0.2, 0) is 9.47 Å². The Morgan fingerprint density at radius 2 is 1.63 bits per heavy atom. The van der Waals surface area contributed by atoms with Crippen LogP contribution in [0, 0.1) is 6.92 Å². The first-order valence-corrected chi connectivity index (χ1v) is 9.70. The molecule has 0 aliphatic carbocycles. The van der Waals surface area contributed by atoms with Crippen molar-refractivity contribution in [2.45, 2.75) is 47.5 Å². The second-order valence-electron chi connectivity index (χ2n) is 6.07. The van der Waals surface area contributed by atoms with Crippen LogP contribution in [0.2, 0.25) is 5.02 Å². The fourth-order valence-corrected chi connectivity index (χ4v) is 3.53. The fourth-order valence-electron chi connectivity index (χ4n) is 3.34. The zero-order valence-electron chi connectivity index (χ0n) is 17.6. The van der Waals surface area contributed by atoms with E-state index < -0.39 is 0 Å². The summed E-state index contributed by atoms with van der Waals surface area (Å²) in [5, 5.41) is 4.14. The van der Waals surface area contributed by atoms with Gasteiger partial charge in [-0.2, -0.15) is 0 Å². The van der Waals surface area contributed by atoms with E-state index in [0.717, 1.165) is 38.7 Å². The van der Waals surface area contributed by atoms with Gasteiger partial charge in [-0.15, -0.1) is 0 Å². The summed E-state index contributed by atoms with van der Waals surface area (Å²) in [6, 6.07) is 5.95. The quantitative estimate of drug-likeness (QED) is 0.554. The summed E-state index contributed by atoms with van der Waals surface area (Å²) in [6.07, 6.45) is 0. The topological polar surface area (TPSA) is 30.5 Å². The van der Waals surface area contributed by atoms with Crippen LogP contribution < -0.4 is 5.32 Å². The van der Waals surface area contributed by atoms with Crippen LogP contribution in [0.5, 0.6) is 0 Å². The van der Waals surface area contributed by atoms with Gasteiger partial charge in [-0.25, -0.2) is 0 Å². The number of methoxy groups -OCH3 is 1. The summed E-state index contributed by atoms with van der Waals surface area (Å²) in [5.41, 5.74) is 6.10. The van der Waals surface area contributed by atoms with Gasteiger partial charge in [-0.05, 0) is 44.9 Å². The fraction of sp³-hybridized carbons (Fsp3) is 0.391. The van der Waals surface area contributed by atoms with Crippen LogP contribution in [0.3, 0.4) is 0 Å². The number of halogens is 1. The van der Waals surface area contributed by atoms with Crippen molar-refractivity contribution in [1.29, 1.82) is 0 Å². The lowest BCUT2D eigenvalue weighted by atomic mass is 9.77. The molecule has 0 saturated carbocycles. The van der Waals surface area contributed by atoms with Gasteiger partial charge in [-0.1, -0.05) is 50.7 Å². The van der Waals surface area contributed by atoms with Gasteiger partial charge in [0, 0.05) is 33.5 Å². The van der Waals surface area contributed by atoms with Crippen molar-refractivity contribution in [1.82, 2.24) is 5.32 Å². The maximum absolute atomic E-state index is 6.40. The van der Waals surface area contributed by atoms with E-state index in [2.05, 4.69) is 24.5 Å². The molecule has 1 atom stereocenters. The molecule has 148 valence electrons. The molecule has 27 heavy (non-hydrogen) atoms. The van der Waals surface area contributed by atoms with Crippen LogP contribution in [0.25, 0.3) is 0 Å². The molecule has 3 nitrogen and oxygen atoms in total. The monoisotopic (exact) mass is 389 g/mol. The Bertz CT molecular complexity index is 775. The van der Waals surface area contributed by atoms with E-state index in [1.807, 2.05) is 53.7 Å². The van der Waals surface area contributed by atoms with Crippen molar-refractivity contribution in [3.63, 3.8) is 0 Å². The van der Waals surface area contributed by atoms with Gasteiger partial charge in [0.05, 0.1) is 13.7 Å². The summed E-state index contributed by atoms with van der Waals surface area (Å²) in [7, 11) is 1.63. The molecule has 0 saturated heterocycles. The van der Waals surface area contributed by atoms with Gasteiger partial charge in [0.1, 0.15) is 11.5 Å². The number of nitrogens with one attached hydrogen (secondary N) is 1. The second-order valence-corrected chi connectivity index (χ2v) is 6.48. The molecule has 0 amide bonds. The lowest BCUT2D eigenvalue weighted by Crippen LogP contribution is -2.27. The van der Waals surface area contributed by atoms with Crippen LogP contribution in [0.1, 0.15) is 51.7 Å². The van der Waals surface area contributed by atoms with E-state index in [1.165, 1.54) is 0 Å². The van der Waals surface area contributed by atoms with Crippen molar-refractivity contribution in [3.05, 3.63) is 81.6 Å². The first kappa shape index (κ1) is 22.9. The number of hydrogen-bond acceptors (Lipinski definition) is 3. The number of benzene rings is 1. The maximum atomic E-state index is 6.40. The summed E-state index contributed by atoms with van der Waals surface area (Å²) < 4.78 is 11.2. The van der Waals surface area contributed by atoms with E-state index in [4.69, 9.17) is 21.1 Å². The first-order chi connectivity index (χ1) is 12.8. The normalized spacial score (nSPS) is 16.2. The highest BCUT2D eigenvalue weighted by Gasteiger charge is 2.34. The molecule has 0 fully saturated rings. The standard InChI is InChI=1S/C21H26ClNO2.C2H6/c1-8-25-16(6)20-14(4)23-13(3)19(15(5)24-7)21(20)17-10-9-11-18(22)12(17)2;1-2/h9-11,21,23H,5-6,8H2,1-4,7H3;1-2H3. The summed E-state index contributed by atoms with van der Waals surface area (Å²) in [4.78, 5) is 0. The van der Waals surface area contributed by atoms with Crippen LogP contribution in [-0.4, -0.2) is 13.7 Å². The minimum atomic E-state index is -0.105. The van der Waals surface area contributed by atoms with Gasteiger partial charge in [0.2, 0.25) is 0 Å². The molecule has 0 bridgehead atoms. The lowest BCUT2D eigenvalue weighted by Gasteiger charge is -2.34. The van der Waals surface area contributed by atoms with Crippen LogP contribution >= 0.6 is 11.6 Å². The highest BCUT2D eigenvalue weighted by molar-refractivity contribution is 6.31. The second kappa shape index (κ2) is 10.3. The first-order valence-electron chi connectivity index (χ1n) is 9.32. The predicted octanol–water partition coefficient (Wildman–Crippen LogP) is 6.62. The molecule has 1 N–H and O–H groups in total. The van der Waals surface area contributed by atoms with Crippen LogP contribution in [0.15, 0.2) is 65.4 Å². The molecular formula is C23H32ClNO2. The number of ether oxygens (including phenoxy) is 2. The van der Waals surface area contributed by atoms with E-state index in [-0.39, 0.29) is 5.92 Å². The number of allylic oxidation sites excluding steroid dienone is 4. The molecule has 0 aromatic heterocycles. The van der Waals surface area contributed by atoms with E-state index in [1.54, 1.807) is 7.11 Å². The molecule has 1 aromatic carbocycles. The number of rotatable bonds is 6. The van der Waals surface area contributed by atoms with Gasteiger partial charge in [0.25, 0.3) is 0 Å². The summed E-state index contributed by atoms with van der Waals surface area (Å²) >= 11 is 6.40. The van der Waals surface area contributed by atoms with Crippen molar-refractivity contribution >= 4 is 11.6 Å². The Balaban J connectivity index is 0.00000176. The highest BCUT2D eigenvalue weighted by atomic mass is 35.5. The largest absolute Gasteiger partial charge is 0.497 e. The van der Waals surface area contributed by atoms with Crippen molar-refractivity contribution in [2.75, 3.05) is 13.7 Å². The molecule has 1 unspecified atom stereocenters. The Labute approximate surface area is 169 Å². The predicted molar refractivity (Wildman–Crippen MR) is 116 cm³/mol. The SMILES string of the molecule is C=C(OC)C1=C(C)NC(C)=C(C(=C)OCC)C1c1cccc(Cl)c1C.CC. The molecule has 1 aliphatic heterocycles. The van der Waals surface area contributed by atoms with Crippen molar-refractivity contribution in [3.8, 4) is 0 Å². The minimum absolute atomic E-state index is 0.105.